The van der Waals surface area contributed by atoms with Gasteiger partial charge in [-0.15, -0.1) is 0 Å². The predicted octanol–water partition coefficient (Wildman–Crippen LogP) is 2.22. The number of carbonyl (C=O) groups is 2. The lowest BCUT2D eigenvalue weighted by atomic mass is 10.2. The number of carbonyl (C=O) groups excluding carboxylic acids is 1. The zero-order valence-electron chi connectivity index (χ0n) is 13.1. The van der Waals surface area contributed by atoms with E-state index in [1.807, 2.05) is 6.92 Å². The maximum Gasteiger partial charge on any atom is 0.303 e. The van der Waals surface area contributed by atoms with Crippen molar-refractivity contribution in [3.05, 3.63) is 41.7 Å². The fourth-order valence-corrected chi connectivity index (χ4v) is 2.07. The molecule has 0 bridgehead atoms. The second-order valence-corrected chi connectivity index (χ2v) is 5.12. The van der Waals surface area contributed by atoms with Crippen LogP contribution in [0.2, 0.25) is 0 Å². The number of anilines is 1. The van der Waals surface area contributed by atoms with Gasteiger partial charge in [-0.25, -0.2) is 0 Å². The van der Waals surface area contributed by atoms with Crippen molar-refractivity contribution in [2.45, 2.75) is 19.8 Å². The van der Waals surface area contributed by atoms with E-state index in [0.717, 1.165) is 5.69 Å². The molecule has 0 unspecified atom stereocenters. The van der Waals surface area contributed by atoms with E-state index in [9.17, 15) is 9.59 Å². The van der Waals surface area contributed by atoms with Gasteiger partial charge in [0.15, 0.2) is 0 Å². The van der Waals surface area contributed by atoms with Gasteiger partial charge in [0.1, 0.15) is 11.4 Å². The number of ether oxygens (including phenoxy) is 1. The molecule has 0 saturated carbocycles. The molecule has 0 aliphatic rings. The Morgan fingerprint density at radius 2 is 2.00 bits per heavy atom. The number of aliphatic carboxylic acids is 1. The first-order valence-corrected chi connectivity index (χ1v) is 7.22. The topological polar surface area (TPSA) is 93.5 Å². The van der Waals surface area contributed by atoms with Crippen LogP contribution in [0.4, 0.5) is 5.69 Å². The number of rotatable bonds is 7. The van der Waals surface area contributed by atoms with E-state index >= 15 is 0 Å². The Bertz CT molecular complexity index is 692. The lowest BCUT2D eigenvalue weighted by Gasteiger charge is -2.08. The van der Waals surface area contributed by atoms with Crippen LogP contribution in [0.1, 0.15) is 29.0 Å². The summed E-state index contributed by atoms with van der Waals surface area (Å²) < 4.78 is 6.97. The summed E-state index contributed by atoms with van der Waals surface area (Å²) in [5.41, 5.74) is 1.91. The zero-order chi connectivity index (χ0) is 16.8. The number of amides is 1. The molecular weight excluding hydrogens is 298 g/mol. The summed E-state index contributed by atoms with van der Waals surface area (Å²) in [7, 11) is 1.72. The van der Waals surface area contributed by atoms with Crippen molar-refractivity contribution in [1.82, 2.24) is 9.78 Å². The van der Waals surface area contributed by atoms with Crippen LogP contribution in [0.5, 0.6) is 5.75 Å². The lowest BCUT2D eigenvalue weighted by molar-refractivity contribution is -0.137. The van der Waals surface area contributed by atoms with Crippen molar-refractivity contribution in [2.75, 3.05) is 11.9 Å². The molecule has 2 rings (SSSR count). The lowest BCUT2D eigenvalue weighted by Crippen LogP contribution is -2.15. The third kappa shape index (κ3) is 4.84. The molecule has 0 aliphatic heterocycles. The van der Waals surface area contributed by atoms with Crippen LogP contribution >= 0.6 is 0 Å². The first-order chi connectivity index (χ1) is 11.0. The Morgan fingerprint density at radius 3 is 2.57 bits per heavy atom. The highest BCUT2D eigenvalue weighted by atomic mass is 16.5. The van der Waals surface area contributed by atoms with Gasteiger partial charge in [0.25, 0.3) is 5.91 Å². The van der Waals surface area contributed by atoms with Crippen molar-refractivity contribution < 1.29 is 19.4 Å². The van der Waals surface area contributed by atoms with Crippen molar-refractivity contribution >= 4 is 17.6 Å². The quantitative estimate of drug-likeness (QED) is 0.764. The summed E-state index contributed by atoms with van der Waals surface area (Å²) in [5, 5.41) is 15.5. The van der Waals surface area contributed by atoms with Crippen LogP contribution < -0.4 is 10.1 Å². The summed E-state index contributed by atoms with van der Waals surface area (Å²) in [6, 6.07) is 8.63. The zero-order valence-corrected chi connectivity index (χ0v) is 13.1. The van der Waals surface area contributed by atoms with Crippen molar-refractivity contribution in [1.29, 1.82) is 0 Å². The molecule has 0 saturated heterocycles. The standard InChI is InChI=1S/C16H19N3O4/c1-11-10-14(19(2)18-11)16(22)17-12-5-7-13(8-6-12)23-9-3-4-15(20)21/h5-8,10H,3-4,9H2,1-2H3,(H,17,22)(H,20,21). The van der Waals surface area contributed by atoms with Crippen LogP contribution in [-0.4, -0.2) is 33.4 Å². The van der Waals surface area contributed by atoms with Crippen LogP contribution in [0.25, 0.3) is 0 Å². The van der Waals surface area contributed by atoms with Gasteiger partial charge in [-0.3, -0.25) is 14.3 Å². The number of hydrogen-bond donors (Lipinski definition) is 2. The Kier molecular flexibility index (Phi) is 5.35. The highest BCUT2D eigenvalue weighted by Gasteiger charge is 2.11. The fourth-order valence-electron chi connectivity index (χ4n) is 2.07. The van der Waals surface area contributed by atoms with Crippen molar-refractivity contribution in [3.63, 3.8) is 0 Å². The largest absolute Gasteiger partial charge is 0.494 e. The number of aryl methyl sites for hydroxylation is 2. The van der Waals surface area contributed by atoms with E-state index in [0.29, 0.717) is 30.2 Å². The highest BCUT2D eigenvalue weighted by molar-refractivity contribution is 6.03. The Labute approximate surface area is 133 Å². The minimum atomic E-state index is -0.836. The Balaban J connectivity index is 1.88. The molecule has 0 fully saturated rings. The molecule has 0 aliphatic carbocycles. The van der Waals surface area contributed by atoms with Crippen LogP contribution in [0, 0.1) is 6.92 Å². The smallest absolute Gasteiger partial charge is 0.303 e. The van der Waals surface area contributed by atoms with Gasteiger partial charge >= 0.3 is 5.97 Å². The van der Waals surface area contributed by atoms with E-state index < -0.39 is 5.97 Å². The summed E-state index contributed by atoms with van der Waals surface area (Å²) in [6.45, 7) is 2.17. The molecule has 2 N–H and O–H groups in total. The van der Waals surface area contributed by atoms with E-state index in [4.69, 9.17) is 9.84 Å². The molecule has 122 valence electrons. The number of aromatic nitrogens is 2. The number of hydrogen-bond acceptors (Lipinski definition) is 4. The SMILES string of the molecule is Cc1cc(C(=O)Nc2ccc(OCCCC(=O)O)cc2)n(C)n1. The third-order valence-corrected chi connectivity index (χ3v) is 3.15. The molecule has 1 aromatic carbocycles. The second kappa shape index (κ2) is 7.44. The summed E-state index contributed by atoms with van der Waals surface area (Å²) in [6.07, 6.45) is 0.534. The molecule has 0 radical (unpaired) electrons. The number of carboxylic acids is 1. The molecule has 0 spiro atoms. The van der Waals surface area contributed by atoms with Gasteiger partial charge in [0.05, 0.1) is 12.3 Å². The first kappa shape index (κ1) is 16.5. The third-order valence-electron chi connectivity index (χ3n) is 3.15. The maximum absolute atomic E-state index is 12.1. The number of carboxylic acid groups (broad SMARTS) is 1. The Morgan fingerprint density at radius 1 is 1.30 bits per heavy atom. The molecular formula is C16H19N3O4. The summed E-state index contributed by atoms with van der Waals surface area (Å²) in [5.74, 6) is -0.440. The Hall–Kier alpha value is -2.83. The van der Waals surface area contributed by atoms with E-state index in [1.54, 1.807) is 37.4 Å². The predicted molar refractivity (Wildman–Crippen MR) is 84.7 cm³/mol. The number of benzene rings is 1. The fraction of sp³-hybridized carbons (Fsp3) is 0.312. The first-order valence-electron chi connectivity index (χ1n) is 7.22. The molecule has 1 heterocycles. The highest BCUT2D eigenvalue weighted by Crippen LogP contribution is 2.17. The minimum absolute atomic E-state index is 0.0816. The normalized spacial score (nSPS) is 10.3. The van der Waals surface area contributed by atoms with E-state index in [2.05, 4.69) is 10.4 Å². The minimum Gasteiger partial charge on any atom is -0.494 e. The average molecular weight is 317 g/mol. The molecule has 1 amide bonds. The summed E-state index contributed by atoms with van der Waals surface area (Å²) in [4.78, 5) is 22.5. The molecule has 7 nitrogen and oxygen atoms in total. The molecule has 0 atom stereocenters. The number of nitrogens with zero attached hydrogens (tertiary/aromatic N) is 2. The van der Waals surface area contributed by atoms with Crippen molar-refractivity contribution in [2.24, 2.45) is 7.05 Å². The van der Waals surface area contributed by atoms with Crippen LogP contribution in [0.3, 0.4) is 0 Å². The van der Waals surface area contributed by atoms with Crippen LogP contribution in [0.15, 0.2) is 30.3 Å². The number of nitrogens with one attached hydrogen (secondary N) is 1. The van der Waals surface area contributed by atoms with Gasteiger partial charge in [-0.1, -0.05) is 0 Å². The molecule has 7 heteroatoms. The van der Waals surface area contributed by atoms with E-state index in [-0.39, 0.29) is 12.3 Å². The monoisotopic (exact) mass is 317 g/mol. The van der Waals surface area contributed by atoms with Gasteiger partial charge < -0.3 is 15.2 Å². The van der Waals surface area contributed by atoms with E-state index in [1.165, 1.54) is 4.68 Å². The maximum atomic E-state index is 12.1. The summed E-state index contributed by atoms with van der Waals surface area (Å²) >= 11 is 0. The van der Waals surface area contributed by atoms with Gasteiger partial charge in [0, 0.05) is 19.2 Å². The van der Waals surface area contributed by atoms with Crippen LogP contribution in [-0.2, 0) is 11.8 Å². The average Bonchev–Trinajstić information content (AvgIpc) is 2.84. The molecule has 2 aromatic rings. The van der Waals surface area contributed by atoms with Gasteiger partial charge in [0.2, 0.25) is 0 Å². The van der Waals surface area contributed by atoms with Gasteiger partial charge in [-0.2, -0.15) is 5.10 Å². The second-order valence-electron chi connectivity index (χ2n) is 5.12. The molecule has 23 heavy (non-hydrogen) atoms. The van der Waals surface area contributed by atoms with Crippen molar-refractivity contribution in [3.8, 4) is 5.75 Å². The van der Waals surface area contributed by atoms with Gasteiger partial charge in [-0.05, 0) is 43.7 Å². The molecule has 1 aromatic heterocycles.